The maximum atomic E-state index is 11.7. The summed E-state index contributed by atoms with van der Waals surface area (Å²) in [5.74, 6) is -1.40. The van der Waals surface area contributed by atoms with Crippen LogP contribution in [0.25, 0.3) is 0 Å². The second-order valence-corrected chi connectivity index (χ2v) is 4.78. The van der Waals surface area contributed by atoms with Crippen LogP contribution in [0.15, 0.2) is 16.7 Å². The Bertz CT molecular complexity index is 506. The van der Waals surface area contributed by atoms with Crippen molar-refractivity contribution in [2.24, 2.45) is 5.92 Å². The van der Waals surface area contributed by atoms with Crippen LogP contribution in [0.3, 0.4) is 0 Å². The van der Waals surface area contributed by atoms with Gasteiger partial charge in [-0.2, -0.15) is 0 Å². The zero-order chi connectivity index (χ0) is 13.3. The standard InChI is InChI=1S/C11H11BrN2O4/c1-18-10-8(12)3-7(4-13-10)14-5-6(11(16)17)2-9(14)15/h3-4,6H,2,5H2,1H3,(H,16,17). The van der Waals surface area contributed by atoms with Crippen molar-refractivity contribution in [2.75, 3.05) is 18.6 Å². The molecule has 0 radical (unpaired) electrons. The molecular formula is C11H11BrN2O4. The van der Waals surface area contributed by atoms with Gasteiger partial charge in [-0.1, -0.05) is 0 Å². The van der Waals surface area contributed by atoms with Crippen LogP contribution < -0.4 is 9.64 Å². The first-order valence-corrected chi connectivity index (χ1v) is 6.05. The fourth-order valence-corrected chi connectivity index (χ4v) is 2.33. The fourth-order valence-electron chi connectivity index (χ4n) is 1.84. The molecule has 6 nitrogen and oxygen atoms in total. The number of aliphatic carboxylic acids is 1. The SMILES string of the molecule is COc1ncc(N2CC(C(=O)O)CC2=O)cc1Br. The first kappa shape index (κ1) is 12.8. The van der Waals surface area contributed by atoms with E-state index in [1.807, 2.05) is 0 Å². The third kappa shape index (κ3) is 2.31. The molecule has 0 aromatic carbocycles. The molecule has 2 heterocycles. The molecule has 1 aromatic heterocycles. The minimum Gasteiger partial charge on any atom is -0.481 e. The number of halogens is 1. The maximum absolute atomic E-state index is 11.7. The minimum absolute atomic E-state index is 0.0268. The Kier molecular flexibility index (Phi) is 3.51. The van der Waals surface area contributed by atoms with Crippen LogP contribution in [-0.2, 0) is 9.59 Å². The van der Waals surface area contributed by atoms with Crippen molar-refractivity contribution in [3.8, 4) is 5.88 Å². The predicted octanol–water partition coefficient (Wildman–Crippen LogP) is 1.29. The molecule has 0 saturated carbocycles. The van der Waals surface area contributed by atoms with Crippen molar-refractivity contribution < 1.29 is 19.4 Å². The topological polar surface area (TPSA) is 79.7 Å². The summed E-state index contributed by atoms with van der Waals surface area (Å²) >= 11 is 3.28. The number of carboxylic acid groups (broad SMARTS) is 1. The number of ether oxygens (including phenoxy) is 1. The van der Waals surface area contributed by atoms with E-state index in [1.54, 1.807) is 6.07 Å². The van der Waals surface area contributed by atoms with E-state index in [4.69, 9.17) is 9.84 Å². The van der Waals surface area contributed by atoms with Crippen LogP contribution in [0.5, 0.6) is 5.88 Å². The lowest BCUT2D eigenvalue weighted by Gasteiger charge is -2.16. The van der Waals surface area contributed by atoms with E-state index in [0.717, 1.165) is 0 Å². The van der Waals surface area contributed by atoms with Gasteiger partial charge in [0.2, 0.25) is 11.8 Å². The number of anilines is 1. The molecule has 96 valence electrons. The smallest absolute Gasteiger partial charge is 0.308 e. The average molecular weight is 315 g/mol. The van der Waals surface area contributed by atoms with Gasteiger partial charge in [0.15, 0.2) is 0 Å². The number of nitrogens with zero attached hydrogens (tertiary/aromatic N) is 2. The van der Waals surface area contributed by atoms with Crippen molar-refractivity contribution in [1.29, 1.82) is 0 Å². The minimum atomic E-state index is -0.952. The Morgan fingerprint density at radius 1 is 1.67 bits per heavy atom. The van der Waals surface area contributed by atoms with E-state index >= 15 is 0 Å². The van der Waals surface area contributed by atoms with Crippen LogP contribution in [0, 0.1) is 5.92 Å². The van der Waals surface area contributed by atoms with E-state index in [9.17, 15) is 9.59 Å². The molecule has 1 N–H and O–H groups in total. The largest absolute Gasteiger partial charge is 0.481 e. The molecule has 0 spiro atoms. The van der Waals surface area contributed by atoms with Gasteiger partial charge < -0.3 is 14.7 Å². The van der Waals surface area contributed by atoms with Crippen molar-refractivity contribution in [2.45, 2.75) is 6.42 Å². The van der Waals surface area contributed by atoms with Gasteiger partial charge >= 0.3 is 5.97 Å². The van der Waals surface area contributed by atoms with Gasteiger partial charge in [0.05, 0.1) is 29.4 Å². The van der Waals surface area contributed by atoms with Gasteiger partial charge in [-0.15, -0.1) is 0 Å². The number of aromatic nitrogens is 1. The number of carbonyl (C=O) groups excluding carboxylic acids is 1. The van der Waals surface area contributed by atoms with Crippen LogP contribution in [0.1, 0.15) is 6.42 Å². The number of hydrogen-bond acceptors (Lipinski definition) is 4. The zero-order valence-corrected chi connectivity index (χ0v) is 11.2. The van der Waals surface area contributed by atoms with Gasteiger partial charge in [-0.05, 0) is 22.0 Å². The van der Waals surface area contributed by atoms with E-state index in [1.165, 1.54) is 18.2 Å². The molecule has 1 atom stereocenters. The van der Waals surface area contributed by atoms with Crippen molar-refractivity contribution in [1.82, 2.24) is 4.98 Å². The summed E-state index contributed by atoms with van der Waals surface area (Å²) in [6.07, 6.45) is 1.52. The maximum Gasteiger partial charge on any atom is 0.308 e. The molecule has 1 unspecified atom stereocenters. The molecule has 18 heavy (non-hydrogen) atoms. The highest BCUT2D eigenvalue weighted by Gasteiger charge is 2.35. The first-order chi connectivity index (χ1) is 8.52. The summed E-state index contributed by atoms with van der Waals surface area (Å²) < 4.78 is 5.61. The molecule has 1 saturated heterocycles. The van der Waals surface area contributed by atoms with Gasteiger partial charge in [0.25, 0.3) is 0 Å². The molecule has 2 rings (SSSR count). The Hall–Kier alpha value is -1.63. The van der Waals surface area contributed by atoms with E-state index < -0.39 is 11.9 Å². The van der Waals surface area contributed by atoms with Crippen LogP contribution in [0.4, 0.5) is 5.69 Å². The molecule has 0 aliphatic carbocycles. The van der Waals surface area contributed by atoms with Crippen molar-refractivity contribution in [3.63, 3.8) is 0 Å². The van der Waals surface area contributed by atoms with Crippen molar-refractivity contribution >= 4 is 33.5 Å². The van der Waals surface area contributed by atoms with Crippen LogP contribution in [0.2, 0.25) is 0 Å². The summed E-state index contributed by atoms with van der Waals surface area (Å²) in [5, 5.41) is 8.91. The number of rotatable bonds is 3. The van der Waals surface area contributed by atoms with Gasteiger partial charge in [0, 0.05) is 13.0 Å². The van der Waals surface area contributed by atoms with Gasteiger partial charge in [-0.25, -0.2) is 4.98 Å². The highest BCUT2D eigenvalue weighted by Crippen LogP contribution is 2.30. The molecule has 1 aliphatic heterocycles. The number of hydrogen-bond donors (Lipinski definition) is 1. The second-order valence-electron chi connectivity index (χ2n) is 3.93. The summed E-state index contributed by atoms with van der Waals surface area (Å²) in [7, 11) is 1.49. The molecule has 1 fully saturated rings. The van der Waals surface area contributed by atoms with Crippen LogP contribution in [-0.4, -0.2) is 35.6 Å². The molecule has 1 aromatic rings. The highest BCUT2D eigenvalue weighted by atomic mass is 79.9. The molecule has 1 aliphatic rings. The van der Waals surface area contributed by atoms with Gasteiger partial charge in [-0.3, -0.25) is 9.59 Å². The van der Waals surface area contributed by atoms with E-state index in [-0.39, 0.29) is 18.9 Å². The lowest BCUT2D eigenvalue weighted by atomic mass is 10.1. The third-order valence-corrected chi connectivity index (χ3v) is 3.34. The fraction of sp³-hybridized carbons (Fsp3) is 0.364. The summed E-state index contributed by atoms with van der Waals surface area (Å²) in [5.41, 5.74) is 0.566. The zero-order valence-electron chi connectivity index (χ0n) is 9.59. The lowest BCUT2D eigenvalue weighted by molar-refractivity contribution is -0.141. The van der Waals surface area contributed by atoms with Crippen molar-refractivity contribution in [3.05, 3.63) is 16.7 Å². The molecule has 0 bridgehead atoms. The third-order valence-electron chi connectivity index (χ3n) is 2.77. The van der Waals surface area contributed by atoms with E-state index in [2.05, 4.69) is 20.9 Å². The quantitative estimate of drug-likeness (QED) is 0.909. The number of pyridine rings is 1. The Labute approximate surface area is 112 Å². The molecule has 7 heteroatoms. The Morgan fingerprint density at radius 3 is 2.89 bits per heavy atom. The number of methoxy groups -OCH3 is 1. The molecule has 1 amide bonds. The second kappa shape index (κ2) is 4.93. The van der Waals surface area contributed by atoms with Crippen LogP contribution >= 0.6 is 15.9 Å². The normalized spacial score (nSPS) is 19.1. The van der Waals surface area contributed by atoms with E-state index in [0.29, 0.717) is 16.0 Å². The Morgan fingerprint density at radius 2 is 2.39 bits per heavy atom. The number of carbonyl (C=O) groups is 2. The number of carboxylic acids is 1. The summed E-state index contributed by atoms with van der Waals surface area (Å²) in [4.78, 5) is 28.1. The summed E-state index contributed by atoms with van der Waals surface area (Å²) in [6, 6.07) is 1.69. The highest BCUT2D eigenvalue weighted by molar-refractivity contribution is 9.10. The Balaban J connectivity index is 2.24. The first-order valence-electron chi connectivity index (χ1n) is 5.25. The average Bonchev–Trinajstić information content (AvgIpc) is 2.71. The summed E-state index contributed by atoms with van der Waals surface area (Å²) in [6.45, 7) is 0.175. The molecular weight excluding hydrogens is 304 g/mol. The predicted molar refractivity (Wildman–Crippen MR) is 66.6 cm³/mol. The monoisotopic (exact) mass is 314 g/mol. The number of amides is 1. The lowest BCUT2D eigenvalue weighted by Crippen LogP contribution is -2.25. The van der Waals surface area contributed by atoms with Gasteiger partial charge in [0.1, 0.15) is 0 Å².